The number of benzene rings is 1. The summed E-state index contributed by atoms with van der Waals surface area (Å²) in [6.45, 7) is 12.0. The first-order valence-corrected chi connectivity index (χ1v) is 11.8. The Morgan fingerprint density at radius 1 is 1.26 bits per heavy atom. The fourth-order valence-electron chi connectivity index (χ4n) is 4.49. The molecule has 2 aliphatic rings. The van der Waals surface area contributed by atoms with Gasteiger partial charge in [0.05, 0.1) is 17.6 Å². The molecule has 2 N–H and O–H groups in total. The minimum atomic E-state index is -0.384. The molecule has 1 fully saturated rings. The average Bonchev–Trinajstić information content (AvgIpc) is 2.82. The highest BCUT2D eigenvalue weighted by molar-refractivity contribution is 5.89. The topological polar surface area (TPSA) is 99.7 Å². The number of cyclic esters (lactones) is 1. The molecule has 180 valence electrons. The molecule has 2 atom stereocenters. The van der Waals surface area contributed by atoms with E-state index in [1.165, 1.54) is 16.5 Å². The summed E-state index contributed by atoms with van der Waals surface area (Å²) in [4.78, 5) is 36.4. The number of carbonyl (C=O) groups is 2. The molecule has 0 radical (unpaired) electrons. The lowest BCUT2D eigenvalue weighted by Gasteiger charge is -2.44. The van der Waals surface area contributed by atoms with Crippen LogP contribution in [0.15, 0.2) is 43.1 Å². The quantitative estimate of drug-likeness (QED) is 0.547. The normalized spacial score (nSPS) is 17.7. The third-order valence-electron chi connectivity index (χ3n) is 6.42. The van der Waals surface area contributed by atoms with E-state index in [-0.39, 0.29) is 30.7 Å². The first-order valence-electron chi connectivity index (χ1n) is 11.8. The minimum Gasteiger partial charge on any atom is -0.444 e. The standard InChI is InChI=1S/C25H32N6O3/c1-5-21(30-13-20(14-30)28-22(32)6-2)18-10-8-17(9-11-18)16(4)27-24-26-12-19-15-34-25(33)31(7-3)23(19)29-24/h6,8-12,16,20-21H,2,5,7,13-15H2,1,3-4H3,(H,28,32)(H,26,27,29)/t16-,21?/m0/s1. The number of hydrogen-bond acceptors (Lipinski definition) is 7. The van der Waals surface area contributed by atoms with E-state index in [4.69, 9.17) is 4.74 Å². The Morgan fingerprint density at radius 2 is 1.97 bits per heavy atom. The zero-order valence-corrected chi connectivity index (χ0v) is 20.0. The van der Waals surface area contributed by atoms with Crippen molar-refractivity contribution in [2.75, 3.05) is 29.9 Å². The molecule has 4 rings (SSSR count). The van der Waals surface area contributed by atoms with E-state index in [0.717, 1.165) is 30.6 Å². The lowest BCUT2D eigenvalue weighted by molar-refractivity contribution is -0.118. The van der Waals surface area contributed by atoms with Crippen LogP contribution >= 0.6 is 0 Å². The third-order valence-corrected chi connectivity index (χ3v) is 6.42. The summed E-state index contributed by atoms with van der Waals surface area (Å²) in [6.07, 6.45) is 3.63. The van der Waals surface area contributed by atoms with E-state index in [1.54, 1.807) is 6.20 Å². The predicted octanol–water partition coefficient (Wildman–Crippen LogP) is 3.56. The van der Waals surface area contributed by atoms with Crippen LogP contribution in [0.5, 0.6) is 0 Å². The summed E-state index contributed by atoms with van der Waals surface area (Å²) in [7, 11) is 0. The minimum absolute atomic E-state index is 0.0136. The highest BCUT2D eigenvalue weighted by atomic mass is 16.6. The number of hydrogen-bond donors (Lipinski definition) is 2. The maximum atomic E-state index is 12.0. The van der Waals surface area contributed by atoms with Crippen LogP contribution in [-0.2, 0) is 16.1 Å². The predicted molar refractivity (Wildman–Crippen MR) is 130 cm³/mol. The molecule has 0 aliphatic carbocycles. The van der Waals surface area contributed by atoms with Crippen LogP contribution in [0.2, 0.25) is 0 Å². The zero-order chi connectivity index (χ0) is 24.2. The Hall–Kier alpha value is -3.46. The lowest BCUT2D eigenvalue weighted by atomic mass is 9.95. The van der Waals surface area contributed by atoms with Crippen LogP contribution in [0.4, 0.5) is 16.6 Å². The average molecular weight is 465 g/mol. The van der Waals surface area contributed by atoms with Gasteiger partial charge in [-0.1, -0.05) is 37.8 Å². The van der Waals surface area contributed by atoms with Crippen molar-refractivity contribution in [1.82, 2.24) is 20.2 Å². The van der Waals surface area contributed by atoms with Crippen LogP contribution in [0, 0.1) is 0 Å². The van der Waals surface area contributed by atoms with Crippen molar-refractivity contribution >= 4 is 23.8 Å². The largest absolute Gasteiger partial charge is 0.444 e. The van der Waals surface area contributed by atoms with Gasteiger partial charge in [-0.3, -0.25) is 14.6 Å². The van der Waals surface area contributed by atoms with E-state index in [1.807, 2.05) is 6.92 Å². The van der Waals surface area contributed by atoms with Crippen molar-refractivity contribution in [2.45, 2.75) is 51.9 Å². The van der Waals surface area contributed by atoms with Gasteiger partial charge < -0.3 is 15.4 Å². The maximum absolute atomic E-state index is 12.0. The summed E-state index contributed by atoms with van der Waals surface area (Å²) in [6, 6.07) is 9.07. The van der Waals surface area contributed by atoms with Crippen molar-refractivity contribution in [1.29, 1.82) is 0 Å². The summed E-state index contributed by atoms with van der Waals surface area (Å²) >= 11 is 0. The number of likely N-dealkylation sites (tertiary alicyclic amines) is 1. The number of nitrogens with one attached hydrogen (secondary N) is 2. The van der Waals surface area contributed by atoms with Crippen molar-refractivity contribution in [3.63, 3.8) is 0 Å². The number of anilines is 2. The molecule has 2 amide bonds. The van der Waals surface area contributed by atoms with Gasteiger partial charge in [0.2, 0.25) is 11.9 Å². The third kappa shape index (κ3) is 4.89. The second-order valence-corrected chi connectivity index (χ2v) is 8.66. The van der Waals surface area contributed by atoms with Crippen LogP contribution in [0.1, 0.15) is 56.0 Å². The number of rotatable bonds is 9. The van der Waals surface area contributed by atoms with E-state index in [9.17, 15) is 9.59 Å². The van der Waals surface area contributed by atoms with Gasteiger partial charge in [0.25, 0.3) is 0 Å². The Bertz CT molecular complexity index is 1050. The Morgan fingerprint density at radius 3 is 2.62 bits per heavy atom. The highest BCUT2D eigenvalue weighted by Gasteiger charge is 2.33. The van der Waals surface area contributed by atoms with Gasteiger partial charge >= 0.3 is 6.09 Å². The molecular weight excluding hydrogens is 432 g/mol. The molecule has 9 heteroatoms. The van der Waals surface area contributed by atoms with Crippen molar-refractivity contribution in [3.8, 4) is 0 Å². The van der Waals surface area contributed by atoms with Gasteiger partial charge in [0.1, 0.15) is 12.4 Å². The van der Waals surface area contributed by atoms with Gasteiger partial charge in [-0.25, -0.2) is 9.78 Å². The van der Waals surface area contributed by atoms with E-state index >= 15 is 0 Å². The Balaban J connectivity index is 1.39. The lowest BCUT2D eigenvalue weighted by Crippen LogP contribution is -2.59. The maximum Gasteiger partial charge on any atom is 0.415 e. The fourth-order valence-corrected chi connectivity index (χ4v) is 4.49. The molecule has 0 saturated carbocycles. The van der Waals surface area contributed by atoms with Crippen LogP contribution in [-0.4, -0.2) is 52.5 Å². The first kappa shape index (κ1) is 23.7. The van der Waals surface area contributed by atoms with Crippen molar-refractivity contribution < 1.29 is 14.3 Å². The number of amides is 2. The number of nitrogens with zero attached hydrogens (tertiary/aromatic N) is 4. The van der Waals surface area contributed by atoms with Gasteiger partial charge in [0, 0.05) is 31.9 Å². The highest BCUT2D eigenvalue weighted by Crippen LogP contribution is 2.30. The monoisotopic (exact) mass is 464 g/mol. The molecule has 2 aliphatic heterocycles. The van der Waals surface area contributed by atoms with E-state index < -0.39 is 0 Å². The molecule has 1 saturated heterocycles. The molecule has 0 spiro atoms. The molecule has 0 bridgehead atoms. The Labute approximate surface area is 200 Å². The number of carbonyl (C=O) groups excluding carboxylic acids is 2. The second kappa shape index (κ2) is 10.2. The summed E-state index contributed by atoms with van der Waals surface area (Å²) in [5.41, 5.74) is 3.17. The van der Waals surface area contributed by atoms with Crippen LogP contribution < -0.4 is 15.5 Å². The molecule has 9 nitrogen and oxygen atoms in total. The van der Waals surface area contributed by atoms with E-state index in [0.29, 0.717) is 24.4 Å². The summed E-state index contributed by atoms with van der Waals surface area (Å²) in [5.74, 6) is 0.957. The fraction of sp³-hybridized carbons (Fsp3) is 0.440. The molecular formula is C25H32N6O3. The molecule has 1 unspecified atom stereocenters. The summed E-state index contributed by atoms with van der Waals surface area (Å²) < 4.78 is 5.16. The number of fused-ring (bicyclic) bond motifs is 1. The SMILES string of the molecule is C=CC(=O)NC1CN(C(CC)c2ccc([C@H](C)Nc3ncc4c(n3)N(CC)C(=O)OC4)cc2)C1. The molecule has 1 aromatic carbocycles. The molecule has 34 heavy (non-hydrogen) atoms. The van der Waals surface area contributed by atoms with Gasteiger partial charge in [-0.2, -0.15) is 4.98 Å². The van der Waals surface area contributed by atoms with Crippen molar-refractivity contribution in [2.24, 2.45) is 0 Å². The van der Waals surface area contributed by atoms with Gasteiger partial charge in [-0.15, -0.1) is 0 Å². The summed E-state index contributed by atoms with van der Waals surface area (Å²) in [5, 5.41) is 6.30. The molecule has 1 aromatic heterocycles. The molecule has 3 heterocycles. The smallest absolute Gasteiger partial charge is 0.415 e. The zero-order valence-electron chi connectivity index (χ0n) is 20.0. The number of aromatic nitrogens is 2. The Kier molecular flexibility index (Phi) is 7.12. The molecule has 2 aromatic rings. The van der Waals surface area contributed by atoms with Crippen LogP contribution in [0.25, 0.3) is 0 Å². The van der Waals surface area contributed by atoms with Gasteiger partial charge in [0.15, 0.2) is 0 Å². The first-order chi connectivity index (χ1) is 16.4. The van der Waals surface area contributed by atoms with Crippen molar-refractivity contribution in [3.05, 3.63) is 59.8 Å². The number of ether oxygens (including phenoxy) is 1. The van der Waals surface area contributed by atoms with E-state index in [2.05, 4.69) is 70.2 Å². The second-order valence-electron chi connectivity index (χ2n) is 8.66. The van der Waals surface area contributed by atoms with Gasteiger partial charge in [-0.05, 0) is 37.5 Å². The van der Waals surface area contributed by atoms with Crippen LogP contribution in [0.3, 0.4) is 0 Å².